The van der Waals surface area contributed by atoms with Crippen LogP contribution in [0.1, 0.15) is 78.9 Å². The minimum absolute atomic E-state index is 0.0447. The molecule has 3 aromatic heterocycles. The fraction of sp³-hybridized carbons (Fsp3) is 0.565. The Balaban J connectivity index is 1.34. The first kappa shape index (κ1) is 21.3. The lowest BCUT2D eigenvalue weighted by molar-refractivity contribution is 0.0933. The summed E-state index contributed by atoms with van der Waals surface area (Å²) in [6, 6.07) is 3.86. The van der Waals surface area contributed by atoms with Gasteiger partial charge in [0.15, 0.2) is 5.76 Å². The van der Waals surface area contributed by atoms with Crippen molar-refractivity contribution in [3.8, 4) is 11.3 Å². The van der Waals surface area contributed by atoms with Crippen LogP contribution in [-0.4, -0.2) is 37.2 Å². The molecule has 1 aliphatic carbocycles. The molecule has 1 N–H and O–H groups in total. The molecule has 3 heterocycles. The van der Waals surface area contributed by atoms with E-state index in [1.807, 2.05) is 44.0 Å². The van der Waals surface area contributed by atoms with E-state index in [0.29, 0.717) is 30.0 Å². The molecule has 1 saturated carbocycles. The molecule has 8 nitrogen and oxygen atoms in total. The van der Waals surface area contributed by atoms with Gasteiger partial charge in [-0.3, -0.25) is 14.2 Å². The number of aromatic nitrogens is 5. The number of amides is 1. The zero-order valence-corrected chi connectivity index (χ0v) is 19.1. The van der Waals surface area contributed by atoms with Crippen LogP contribution in [0.2, 0.25) is 0 Å². The van der Waals surface area contributed by atoms with Crippen LogP contribution in [0.3, 0.4) is 0 Å². The quantitative estimate of drug-likeness (QED) is 0.647. The van der Waals surface area contributed by atoms with Crippen molar-refractivity contribution in [2.24, 2.45) is 20.0 Å². The van der Waals surface area contributed by atoms with Gasteiger partial charge in [-0.15, -0.1) is 0 Å². The van der Waals surface area contributed by atoms with Crippen LogP contribution in [-0.2, 0) is 14.1 Å². The lowest BCUT2D eigenvalue weighted by Gasteiger charge is -2.28. The molecule has 166 valence electrons. The first-order chi connectivity index (χ1) is 14.8. The molecule has 0 aromatic carbocycles. The van der Waals surface area contributed by atoms with Crippen LogP contribution in [0.25, 0.3) is 11.3 Å². The Morgan fingerprint density at radius 1 is 1.19 bits per heavy atom. The van der Waals surface area contributed by atoms with Gasteiger partial charge < -0.3 is 9.84 Å². The second-order valence-corrected chi connectivity index (χ2v) is 9.09. The second kappa shape index (κ2) is 8.69. The lowest BCUT2D eigenvalue weighted by Crippen LogP contribution is -2.32. The van der Waals surface area contributed by atoms with Crippen molar-refractivity contribution < 1.29 is 9.32 Å². The zero-order chi connectivity index (χ0) is 22.1. The van der Waals surface area contributed by atoms with Gasteiger partial charge in [0.05, 0.1) is 22.6 Å². The van der Waals surface area contributed by atoms with E-state index in [9.17, 15) is 4.79 Å². The van der Waals surface area contributed by atoms with Gasteiger partial charge in [0.1, 0.15) is 5.69 Å². The fourth-order valence-corrected chi connectivity index (χ4v) is 4.44. The highest BCUT2D eigenvalue weighted by Crippen LogP contribution is 2.39. The van der Waals surface area contributed by atoms with E-state index in [4.69, 9.17) is 9.62 Å². The van der Waals surface area contributed by atoms with Crippen molar-refractivity contribution >= 4 is 5.91 Å². The highest BCUT2D eigenvalue weighted by molar-refractivity contribution is 5.92. The molecule has 1 aliphatic rings. The molecule has 0 unspecified atom stereocenters. The monoisotopic (exact) mass is 424 g/mol. The summed E-state index contributed by atoms with van der Waals surface area (Å²) in [6.07, 6.45) is 6.26. The summed E-state index contributed by atoms with van der Waals surface area (Å²) in [5.41, 5.74) is 4.58. The average molecular weight is 425 g/mol. The molecule has 1 amide bonds. The third-order valence-electron chi connectivity index (χ3n) is 6.26. The first-order valence-electron chi connectivity index (χ1n) is 11.1. The minimum atomic E-state index is -0.0447. The molecule has 3 aromatic rings. The average Bonchev–Trinajstić information content (AvgIpc) is 3.44. The van der Waals surface area contributed by atoms with E-state index in [-0.39, 0.29) is 5.91 Å². The number of nitrogens with one attached hydrogen (secondary N) is 1. The zero-order valence-electron chi connectivity index (χ0n) is 19.1. The number of carbonyl (C=O) groups excluding carboxylic acids is 1. The predicted molar refractivity (Wildman–Crippen MR) is 118 cm³/mol. The van der Waals surface area contributed by atoms with Gasteiger partial charge in [0, 0.05) is 38.8 Å². The van der Waals surface area contributed by atoms with Gasteiger partial charge in [-0.25, -0.2) is 0 Å². The molecule has 0 aliphatic heterocycles. The van der Waals surface area contributed by atoms with E-state index >= 15 is 0 Å². The summed E-state index contributed by atoms with van der Waals surface area (Å²) in [6.45, 7) is 6.79. The van der Waals surface area contributed by atoms with Crippen molar-refractivity contribution in [3.05, 3.63) is 41.1 Å². The maximum atomic E-state index is 12.6. The molecule has 0 spiro atoms. The van der Waals surface area contributed by atoms with Gasteiger partial charge in [-0.2, -0.15) is 10.2 Å². The molecular weight excluding hydrogens is 392 g/mol. The number of hydrogen-bond acceptors (Lipinski definition) is 5. The summed E-state index contributed by atoms with van der Waals surface area (Å²) in [5.74, 6) is 1.93. The second-order valence-electron chi connectivity index (χ2n) is 9.09. The maximum Gasteiger partial charge on any atom is 0.269 e. The Morgan fingerprint density at radius 2 is 1.94 bits per heavy atom. The van der Waals surface area contributed by atoms with Crippen LogP contribution in [0.5, 0.6) is 0 Å². The normalized spacial score (nSPS) is 19.2. The van der Waals surface area contributed by atoms with Gasteiger partial charge >= 0.3 is 0 Å². The summed E-state index contributed by atoms with van der Waals surface area (Å²) >= 11 is 0. The van der Waals surface area contributed by atoms with Crippen molar-refractivity contribution in [2.75, 3.05) is 6.54 Å². The van der Waals surface area contributed by atoms with E-state index < -0.39 is 0 Å². The molecule has 0 saturated heterocycles. The van der Waals surface area contributed by atoms with Crippen molar-refractivity contribution in [1.82, 2.24) is 30.0 Å². The molecule has 8 heteroatoms. The van der Waals surface area contributed by atoms with Gasteiger partial charge in [0.25, 0.3) is 5.91 Å². The number of rotatable bonds is 6. The van der Waals surface area contributed by atoms with E-state index in [1.54, 1.807) is 4.68 Å². The predicted octanol–water partition coefficient (Wildman–Crippen LogP) is 3.94. The Kier molecular flexibility index (Phi) is 5.98. The lowest BCUT2D eigenvalue weighted by atomic mass is 9.79. The standard InChI is InChI=1S/C23H32N6O2/c1-14(2)19-11-20(29(5)25-19)23(30)24-12-16-6-8-17(9-7-16)22-18(13-28(4)26-22)21-10-15(3)27-31-21/h10-11,13-14,16-17H,6-9,12H2,1-5H3,(H,24,30). The molecule has 4 rings (SSSR count). The summed E-state index contributed by atoms with van der Waals surface area (Å²) < 4.78 is 9.02. The summed E-state index contributed by atoms with van der Waals surface area (Å²) in [5, 5.41) is 16.3. The highest BCUT2D eigenvalue weighted by atomic mass is 16.5. The van der Waals surface area contributed by atoms with Crippen molar-refractivity contribution in [3.63, 3.8) is 0 Å². The summed E-state index contributed by atoms with van der Waals surface area (Å²) in [4.78, 5) is 12.6. The van der Waals surface area contributed by atoms with Crippen LogP contribution in [0.15, 0.2) is 22.9 Å². The molecule has 1 fully saturated rings. The third kappa shape index (κ3) is 4.57. The van der Waals surface area contributed by atoms with E-state index in [2.05, 4.69) is 29.4 Å². The number of carbonyl (C=O) groups is 1. The molecule has 0 bridgehead atoms. The minimum Gasteiger partial charge on any atom is -0.356 e. The SMILES string of the molecule is Cc1cc(-c2cn(C)nc2C2CCC(CNC(=O)c3cc(C(C)C)nn3C)CC2)on1. The Morgan fingerprint density at radius 3 is 2.55 bits per heavy atom. The largest absolute Gasteiger partial charge is 0.356 e. The number of aryl methyl sites for hydroxylation is 3. The van der Waals surface area contributed by atoms with Crippen LogP contribution in [0.4, 0.5) is 0 Å². The summed E-state index contributed by atoms with van der Waals surface area (Å²) in [7, 11) is 3.77. The molecular formula is C23H32N6O2. The molecule has 0 radical (unpaired) electrons. The Bertz CT molecular complexity index is 1050. The van der Waals surface area contributed by atoms with Gasteiger partial charge in [-0.05, 0) is 50.5 Å². The smallest absolute Gasteiger partial charge is 0.269 e. The first-order valence-corrected chi connectivity index (χ1v) is 11.1. The fourth-order valence-electron chi connectivity index (χ4n) is 4.44. The van der Waals surface area contributed by atoms with Crippen LogP contribution < -0.4 is 5.32 Å². The highest BCUT2D eigenvalue weighted by Gasteiger charge is 2.28. The van der Waals surface area contributed by atoms with Crippen LogP contribution >= 0.6 is 0 Å². The Labute approximate surface area is 183 Å². The number of hydrogen-bond donors (Lipinski definition) is 1. The van der Waals surface area contributed by atoms with Crippen molar-refractivity contribution in [2.45, 2.75) is 58.3 Å². The number of nitrogens with zero attached hydrogens (tertiary/aromatic N) is 5. The van der Waals surface area contributed by atoms with E-state index in [0.717, 1.165) is 54.1 Å². The van der Waals surface area contributed by atoms with Crippen LogP contribution in [0, 0.1) is 12.8 Å². The molecule has 0 atom stereocenters. The maximum absolute atomic E-state index is 12.6. The topological polar surface area (TPSA) is 90.8 Å². The van der Waals surface area contributed by atoms with Crippen molar-refractivity contribution in [1.29, 1.82) is 0 Å². The molecule has 31 heavy (non-hydrogen) atoms. The van der Waals surface area contributed by atoms with Gasteiger partial charge in [0.2, 0.25) is 0 Å². The Hall–Kier alpha value is -2.90. The van der Waals surface area contributed by atoms with Gasteiger partial charge in [-0.1, -0.05) is 19.0 Å². The third-order valence-corrected chi connectivity index (χ3v) is 6.26. The van der Waals surface area contributed by atoms with E-state index in [1.165, 1.54) is 0 Å².